The maximum atomic E-state index is 10.7. The number of furan rings is 1. The summed E-state index contributed by atoms with van der Waals surface area (Å²) in [5.41, 5.74) is 2.26. The summed E-state index contributed by atoms with van der Waals surface area (Å²) in [5, 5.41) is 10.2. The highest BCUT2D eigenvalue weighted by molar-refractivity contribution is 7.99. The first-order valence-electron chi connectivity index (χ1n) is 5.58. The van der Waals surface area contributed by atoms with Crippen molar-refractivity contribution in [3.8, 4) is 0 Å². The molecule has 0 unspecified atom stereocenters. The molecule has 1 N–H and O–H groups in total. The van der Waals surface area contributed by atoms with E-state index in [1.54, 1.807) is 12.4 Å². The zero-order valence-electron chi connectivity index (χ0n) is 9.42. The van der Waals surface area contributed by atoms with E-state index in [1.165, 1.54) is 17.8 Å². The molecule has 92 valence electrons. The zero-order chi connectivity index (χ0) is 12.5. The number of rotatable bonds is 3. The molecule has 1 aliphatic carbocycles. The summed E-state index contributed by atoms with van der Waals surface area (Å²) in [5.74, 6) is -1.11. The van der Waals surface area contributed by atoms with Crippen molar-refractivity contribution >= 4 is 17.7 Å². The van der Waals surface area contributed by atoms with Gasteiger partial charge in [-0.05, 0) is 43.2 Å². The molecule has 0 aliphatic heterocycles. The van der Waals surface area contributed by atoms with Crippen LogP contribution in [0.1, 0.15) is 28.2 Å². The predicted molar refractivity (Wildman–Crippen MR) is 63.8 cm³/mol. The largest absolute Gasteiger partial charge is 0.475 e. The number of fused-ring (bicyclic) bond motifs is 1. The smallest absolute Gasteiger partial charge is 0.371 e. The van der Waals surface area contributed by atoms with Crippen LogP contribution in [0.2, 0.25) is 0 Å². The standard InChI is InChI=1S/C12H10N2O3S/c15-12(16)9-4-5-10(17-9)18-11-7-2-1-3-8(7)13-6-14-11/h4-6H,1-3H2,(H,15,16). The van der Waals surface area contributed by atoms with Crippen LogP contribution in [0.4, 0.5) is 0 Å². The number of hydrogen-bond donors (Lipinski definition) is 1. The molecule has 6 heteroatoms. The van der Waals surface area contributed by atoms with Crippen molar-refractivity contribution in [2.75, 3.05) is 0 Å². The van der Waals surface area contributed by atoms with Gasteiger partial charge in [0.2, 0.25) is 5.76 Å². The van der Waals surface area contributed by atoms with Crippen LogP contribution in [0.3, 0.4) is 0 Å². The SMILES string of the molecule is O=C(O)c1ccc(Sc2ncnc3c2CCC3)o1. The highest BCUT2D eigenvalue weighted by Crippen LogP contribution is 2.34. The minimum atomic E-state index is -1.06. The normalized spacial score (nSPS) is 13.6. The predicted octanol–water partition coefficient (Wildman–Crippen LogP) is 2.41. The molecule has 2 aromatic rings. The van der Waals surface area contributed by atoms with Crippen molar-refractivity contribution in [2.45, 2.75) is 29.4 Å². The maximum Gasteiger partial charge on any atom is 0.371 e. The molecule has 0 spiro atoms. The molecule has 3 rings (SSSR count). The van der Waals surface area contributed by atoms with Gasteiger partial charge in [-0.15, -0.1) is 0 Å². The number of carboxylic acids is 1. The molecule has 0 amide bonds. The van der Waals surface area contributed by atoms with Crippen molar-refractivity contribution in [1.29, 1.82) is 0 Å². The molecule has 0 bridgehead atoms. The fourth-order valence-electron chi connectivity index (χ4n) is 2.00. The number of carbonyl (C=O) groups is 1. The number of hydrogen-bond acceptors (Lipinski definition) is 5. The van der Waals surface area contributed by atoms with Crippen LogP contribution in [-0.4, -0.2) is 21.0 Å². The lowest BCUT2D eigenvalue weighted by atomic mass is 10.3. The van der Waals surface area contributed by atoms with Crippen LogP contribution in [-0.2, 0) is 12.8 Å². The third-order valence-corrected chi connectivity index (χ3v) is 3.79. The Hall–Kier alpha value is -1.82. The van der Waals surface area contributed by atoms with Crippen LogP contribution in [0.5, 0.6) is 0 Å². The van der Waals surface area contributed by atoms with E-state index in [0.717, 1.165) is 35.5 Å². The molecule has 2 aromatic heterocycles. The fraction of sp³-hybridized carbons (Fsp3) is 0.250. The Morgan fingerprint density at radius 3 is 3.00 bits per heavy atom. The van der Waals surface area contributed by atoms with Gasteiger partial charge in [0.25, 0.3) is 0 Å². The topological polar surface area (TPSA) is 76.2 Å². The van der Waals surface area contributed by atoms with Crippen molar-refractivity contribution in [2.24, 2.45) is 0 Å². The van der Waals surface area contributed by atoms with Crippen LogP contribution < -0.4 is 0 Å². The van der Waals surface area contributed by atoms with Crippen LogP contribution in [0.15, 0.2) is 33.0 Å². The maximum absolute atomic E-state index is 10.7. The Labute approximate surface area is 107 Å². The lowest BCUT2D eigenvalue weighted by Crippen LogP contribution is -1.93. The lowest BCUT2D eigenvalue weighted by Gasteiger charge is -2.03. The van der Waals surface area contributed by atoms with E-state index in [9.17, 15) is 4.79 Å². The Bertz CT molecular complexity index is 609. The summed E-state index contributed by atoms with van der Waals surface area (Å²) in [6.07, 6.45) is 4.61. The Morgan fingerprint density at radius 2 is 2.22 bits per heavy atom. The summed E-state index contributed by atoms with van der Waals surface area (Å²) < 4.78 is 5.21. The van der Waals surface area contributed by atoms with Crippen LogP contribution >= 0.6 is 11.8 Å². The molecule has 0 aromatic carbocycles. The first kappa shape index (κ1) is 11.3. The third-order valence-electron chi connectivity index (χ3n) is 2.82. The molecule has 0 radical (unpaired) electrons. The Morgan fingerprint density at radius 1 is 1.33 bits per heavy atom. The fourth-order valence-corrected chi connectivity index (χ4v) is 2.90. The first-order chi connectivity index (χ1) is 8.74. The highest BCUT2D eigenvalue weighted by Gasteiger charge is 2.19. The van der Waals surface area contributed by atoms with Crippen molar-refractivity contribution in [3.63, 3.8) is 0 Å². The molecule has 2 heterocycles. The summed E-state index contributed by atoms with van der Waals surface area (Å²) in [7, 11) is 0. The number of nitrogens with zero attached hydrogens (tertiary/aromatic N) is 2. The molecule has 0 atom stereocenters. The van der Waals surface area contributed by atoms with Gasteiger partial charge in [0.05, 0.1) is 0 Å². The van der Waals surface area contributed by atoms with E-state index in [0.29, 0.717) is 5.09 Å². The zero-order valence-corrected chi connectivity index (χ0v) is 10.2. The van der Waals surface area contributed by atoms with Gasteiger partial charge in [-0.1, -0.05) is 0 Å². The van der Waals surface area contributed by atoms with E-state index in [2.05, 4.69) is 9.97 Å². The molecule has 1 aliphatic rings. The quantitative estimate of drug-likeness (QED) is 0.856. The van der Waals surface area contributed by atoms with Gasteiger partial charge in [-0.25, -0.2) is 14.8 Å². The van der Waals surface area contributed by atoms with Gasteiger partial charge in [-0.2, -0.15) is 0 Å². The Kier molecular flexibility index (Phi) is 2.79. The van der Waals surface area contributed by atoms with Gasteiger partial charge in [0.15, 0.2) is 5.09 Å². The first-order valence-corrected chi connectivity index (χ1v) is 6.39. The van der Waals surface area contributed by atoms with Crippen LogP contribution in [0.25, 0.3) is 0 Å². The van der Waals surface area contributed by atoms with Gasteiger partial charge < -0.3 is 9.52 Å². The van der Waals surface area contributed by atoms with Crippen molar-refractivity contribution in [3.05, 3.63) is 35.5 Å². The van der Waals surface area contributed by atoms with Gasteiger partial charge >= 0.3 is 5.97 Å². The molecular formula is C12H10N2O3S. The number of aromatic carboxylic acids is 1. The second kappa shape index (κ2) is 4.45. The average Bonchev–Trinajstić information content (AvgIpc) is 2.97. The number of aryl methyl sites for hydroxylation is 1. The molecular weight excluding hydrogens is 252 g/mol. The van der Waals surface area contributed by atoms with E-state index in [-0.39, 0.29) is 5.76 Å². The summed E-state index contributed by atoms with van der Waals surface area (Å²) in [6, 6.07) is 3.10. The lowest BCUT2D eigenvalue weighted by molar-refractivity contribution is 0.0656. The molecule has 5 nitrogen and oxygen atoms in total. The third kappa shape index (κ3) is 1.99. The van der Waals surface area contributed by atoms with E-state index < -0.39 is 5.97 Å². The second-order valence-electron chi connectivity index (χ2n) is 3.98. The summed E-state index contributed by atoms with van der Waals surface area (Å²) in [6.45, 7) is 0. The van der Waals surface area contributed by atoms with Gasteiger partial charge in [-0.3, -0.25) is 0 Å². The molecule has 0 saturated carbocycles. The molecule has 0 saturated heterocycles. The number of aromatic nitrogens is 2. The van der Waals surface area contributed by atoms with Crippen molar-refractivity contribution < 1.29 is 14.3 Å². The van der Waals surface area contributed by atoms with Gasteiger partial charge in [0.1, 0.15) is 11.4 Å². The minimum Gasteiger partial charge on any atom is -0.475 e. The van der Waals surface area contributed by atoms with Crippen LogP contribution in [0, 0.1) is 0 Å². The van der Waals surface area contributed by atoms with Crippen molar-refractivity contribution in [1.82, 2.24) is 9.97 Å². The summed E-state index contributed by atoms with van der Waals surface area (Å²) in [4.78, 5) is 19.2. The average molecular weight is 262 g/mol. The summed E-state index contributed by atoms with van der Waals surface area (Å²) >= 11 is 1.35. The minimum absolute atomic E-state index is 0.0526. The van der Waals surface area contributed by atoms with E-state index in [4.69, 9.17) is 9.52 Å². The van der Waals surface area contributed by atoms with E-state index in [1.807, 2.05) is 0 Å². The monoisotopic (exact) mass is 262 g/mol. The number of carboxylic acid groups (broad SMARTS) is 1. The molecule has 0 fully saturated rings. The van der Waals surface area contributed by atoms with E-state index >= 15 is 0 Å². The van der Waals surface area contributed by atoms with Gasteiger partial charge in [0, 0.05) is 11.3 Å². The Balaban J connectivity index is 1.88. The molecule has 18 heavy (non-hydrogen) atoms. The second-order valence-corrected chi connectivity index (χ2v) is 4.98. The highest BCUT2D eigenvalue weighted by atomic mass is 32.2.